The summed E-state index contributed by atoms with van der Waals surface area (Å²) in [7, 11) is 0. The van der Waals surface area contributed by atoms with Crippen molar-refractivity contribution in [3.63, 3.8) is 0 Å². The maximum atomic E-state index is 13.9. The van der Waals surface area contributed by atoms with Crippen LogP contribution in [0.1, 0.15) is 32.0 Å². The fourth-order valence-corrected chi connectivity index (χ4v) is 2.23. The Kier molecular flexibility index (Phi) is 3.49. The van der Waals surface area contributed by atoms with Gasteiger partial charge in [0, 0.05) is 11.0 Å². The summed E-state index contributed by atoms with van der Waals surface area (Å²) >= 11 is 5.77. The fraction of sp³-hybridized carbons (Fsp3) is 0.385. The highest BCUT2D eigenvalue weighted by Gasteiger charge is 2.24. The van der Waals surface area contributed by atoms with Crippen LogP contribution in [0.4, 0.5) is 10.2 Å². The molecule has 4 nitrogen and oxygen atoms in total. The summed E-state index contributed by atoms with van der Waals surface area (Å²) in [5.74, 6) is -0.0620. The van der Waals surface area contributed by atoms with Gasteiger partial charge in [0.2, 0.25) is 0 Å². The lowest BCUT2D eigenvalue weighted by Crippen LogP contribution is -2.20. The van der Waals surface area contributed by atoms with E-state index in [4.69, 9.17) is 17.3 Å². The molecule has 2 rings (SSSR count). The first-order chi connectivity index (χ1) is 8.80. The zero-order valence-corrected chi connectivity index (χ0v) is 11.9. The van der Waals surface area contributed by atoms with E-state index in [1.807, 2.05) is 20.8 Å². The molecule has 1 aromatic carbocycles. The number of rotatable bonds is 2. The number of anilines is 1. The third-order valence-electron chi connectivity index (χ3n) is 2.82. The number of hydrogen-bond donors (Lipinski definition) is 1. The predicted molar refractivity (Wildman–Crippen MR) is 73.6 cm³/mol. The molecule has 19 heavy (non-hydrogen) atoms. The summed E-state index contributed by atoms with van der Waals surface area (Å²) in [6, 6.07) is 4.89. The Morgan fingerprint density at radius 1 is 1.37 bits per heavy atom. The molecule has 0 aliphatic heterocycles. The molecule has 0 aliphatic rings. The van der Waals surface area contributed by atoms with Crippen LogP contribution in [0.25, 0.3) is 0 Å². The summed E-state index contributed by atoms with van der Waals surface area (Å²) in [6.45, 7) is 6.27. The molecule has 2 N–H and O–H groups in total. The lowest BCUT2D eigenvalue weighted by Gasteiger charge is -2.20. The molecule has 0 atom stereocenters. The number of aromatic nitrogens is 3. The Hall–Kier alpha value is -1.62. The van der Waals surface area contributed by atoms with E-state index in [9.17, 15) is 4.39 Å². The van der Waals surface area contributed by atoms with Crippen LogP contribution in [0, 0.1) is 5.82 Å². The number of nitrogen functional groups attached to an aromatic ring is 1. The lowest BCUT2D eigenvalue weighted by molar-refractivity contribution is 0.494. The molecule has 6 heteroatoms. The second-order valence-corrected chi connectivity index (χ2v) is 5.85. The van der Waals surface area contributed by atoms with Gasteiger partial charge in [-0.3, -0.25) is 0 Å². The van der Waals surface area contributed by atoms with E-state index >= 15 is 0 Å². The molecule has 0 aliphatic carbocycles. The zero-order valence-electron chi connectivity index (χ0n) is 11.1. The minimum absolute atomic E-state index is 0.0999. The highest BCUT2D eigenvalue weighted by molar-refractivity contribution is 6.30. The highest BCUT2D eigenvalue weighted by atomic mass is 35.5. The first-order valence-corrected chi connectivity index (χ1v) is 6.31. The molecule has 0 bridgehead atoms. The van der Waals surface area contributed by atoms with Crippen LogP contribution in [-0.2, 0) is 12.0 Å². The molecular weight excluding hydrogens is 267 g/mol. The van der Waals surface area contributed by atoms with Crippen molar-refractivity contribution < 1.29 is 4.39 Å². The molecule has 1 heterocycles. The van der Waals surface area contributed by atoms with Gasteiger partial charge >= 0.3 is 0 Å². The van der Waals surface area contributed by atoms with Gasteiger partial charge in [-0.25, -0.2) is 9.07 Å². The van der Waals surface area contributed by atoms with E-state index in [2.05, 4.69) is 10.3 Å². The number of hydrogen-bond acceptors (Lipinski definition) is 3. The summed E-state index contributed by atoms with van der Waals surface area (Å²) in [6.07, 6.45) is 0. The maximum Gasteiger partial charge on any atom is 0.169 e. The molecule has 102 valence electrons. The van der Waals surface area contributed by atoms with E-state index in [0.717, 1.165) is 5.69 Å². The summed E-state index contributed by atoms with van der Waals surface area (Å²) < 4.78 is 15.5. The SMILES string of the molecule is CC(C)(C)c1c(N)nnn1Cc1cccc(Cl)c1F. The topological polar surface area (TPSA) is 56.7 Å². The molecule has 2 aromatic rings. The number of nitrogens with zero attached hydrogens (tertiary/aromatic N) is 3. The molecule has 0 saturated carbocycles. The van der Waals surface area contributed by atoms with Crippen LogP contribution >= 0.6 is 11.6 Å². The first-order valence-electron chi connectivity index (χ1n) is 5.93. The number of benzene rings is 1. The summed E-state index contributed by atoms with van der Waals surface area (Å²) in [5, 5.41) is 7.95. The van der Waals surface area contributed by atoms with Gasteiger partial charge < -0.3 is 5.73 Å². The number of nitrogens with two attached hydrogens (primary N) is 1. The first kappa shape index (κ1) is 13.8. The Morgan fingerprint density at radius 3 is 2.68 bits per heavy atom. The van der Waals surface area contributed by atoms with Crippen LogP contribution in [0.15, 0.2) is 18.2 Å². The Balaban J connectivity index is 2.42. The molecule has 0 radical (unpaired) electrons. The van der Waals surface area contributed by atoms with Crippen LogP contribution in [0.3, 0.4) is 0 Å². The second-order valence-electron chi connectivity index (χ2n) is 5.44. The van der Waals surface area contributed by atoms with Crippen molar-refractivity contribution in [1.82, 2.24) is 15.0 Å². The zero-order chi connectivity index (χ0) is 14.2. The summed E-state index contributed by atoms with van der Waals surface area (Å²) in [5.41, 5.74) is 6.86. The van der Waals surface area contributed by atoms with Crippen LogP contribution < -0.4 is 5.73 Å². The van der Waals surface area contributed by atoms with Crippen LogP contribution in [0.5, 0.6) is 0 Å². The van der Waals surface area contributed by atoms with Crippen molar-refractivity contribution in [2.24, 2.45) is 0 Å². The van der Waals surface area contributed by atoms with Gasteiger partial charge in [-0.2, -0.15) is 0 Å². The normalized spacial score (nSPS) is 11.8. The van der Waals surface area contributed by atoms with Crippen molar-refractivity contribution in [1.29, 1.82) is 0 Å². The number of halogens is 2. The molecule has 0 saturated heterocycles. The molecular formula is C13H16ClFN4. The van der Waals surface area contributed by atoms with Crippen LogP contribution in [-0.4, -0.2) is 15.0 Å². The smallest absolute Gasteiger partial charge is 0.169 e. The van der Waals surface area contributed by atoms with Crippen molar-refractivity contribution in [2.75, 3.05) is 5.73 Å². The average molecular weight is 283 g/mol. The van der Waals surface area contributed by atoms with Crippen molar-refractivity contribution in [3.05, 3.63) is 40.3 Å². The van der Waals surface area contributed by atoms with Gasteiger partial charge in [0.1, 0.15) is 5.82 Å². The Morgan fingerprint density at radius 2 is 2.05 bits per heavy atom. The van der Waals surface area contributed by atoms with Crippen molar-refractivity contribution >= 4 is 17.4 Å². The van der Waals surface area contributed by atoms with Gasteiger partial charge in [0.05, 0.1) is 17.3 Å². The van der Waals surface area contributed by atoms with E-state index in [-0.39, 0.29) is 17.0 Å². The molecule has 0 spiro atoms. The van der Waals surface area contributed by atoms with E-state index in [1.165, 1.54) is 6.07 Å². The van der Waals surface area contributed by atoms with Gasteiger partial charge in [0.25, 0.3) is 0 Å². The minimum atomic E-state index is -0.432. The van der Waals surface area contributed by atoms with Crippen molar-refractivity contribution in [2.45, 2.75) is 32.7 Å². The van der Waals surface area contributed by atoms with Gasteiger partial charge in [0.15, 0.2) is 5.82 Å². The molecule has 1 aromatic heterocycles. The van der Waals surface area contributed by atoms with E-state index < -0.39 is 5.82 Å². The molecule has 0 amide bonds. The Bertz CT molecular complexity index is 601. The fourth-order valence-electron chi connectivity index (χ4n) is 2.04. The minimum Gasteiger partial charge on any atom is -0.381 e. The van der Waals surface area contributed by atoms with Crippen molar-refractivity contribution in [3.8, 4) is 0 Å². The molecule has 0 fully saturated rings. The largest absolute Gasteiger partial charge is 0.381 e. The third kappa shape index (κ3) is 2.71. The standard InChI is InChI=1S/C13H16ClFN4/c1-13(2,3)11-12(16)17-18-19(11)7-8-5-4-6-9(14)10(8)15/h4-6H,7,16H2,1-3H3. The van der Waals surface area contributed by atoms with E-state index in [1.54, 1.807) is 16.8 Å². The molecule has 0 unspecified atom stereocenters. The van der Waals surface area contributed by atoms with Gasteiger partial charge in [-0.15, -0.1) is 5.10 Å². The average Bonchev–Trinajstić information content (AvgIpc) is 2.66. The Labute approximate surface area is 116 Å². The highest BCUT2D eigenvalue weighted by Crippen LogP contribution is 2.27. The second kappa shape index (κ2) is 4.81. The lowest BCUT2D eigenvalue weighted by atomic mass is 9.91. The van der Waals surface area contributed by atoms with E-state index in [0.29, 0.717) is 11.4 Å². The third-order valence-corrected chi connectivity index (χ3v) is 3.12. The van der Waals surface area contributed by atoms with Crippen LogP contribution in [0.2, 0.25) is 5.02 Å². The quantitative estimate of drug-likeness (QED) is 0.921. The van der Waals surface area contributed by atoms with Gasteiger partial charge in [-0.1, -0.05) is 49.7 Å². The summed E-state index contributed by atoms with van der Waals surface area (Å²) in [4.78, 5) is 0. The maximum absolute atomic E-state index is 13.9. The van der Waals surface area contributed by atoms with Gasteiger partial charge in [-0.05, 0) is 6.07 Å². The monoisotopic (exact) mass is 282 g/mol. The predicted octanol–water partition coefficient (Wildman–Crippen LogP) is 3.00.